The summed E-state index contributed by atoms with van der Waals surface area (Å²) in [7, 11) is 1.60. The first-order valence-electron chi connectivity index (χ1n) is 10.7. The van der Waals surface area contributed by atoms with Gasteiger partial charge in [0.25, 0.3) is 5.91 Å². The molecule has 7 nitrogen and oxygen atoms in total. The first kappa shape index (κ1) is 24.3. The summed E-state index contributed by atoms with van der Waals surface area (Å²) in [6, 6.07) is 5.45. The average molecular weight is 538 g/mol. The number of nitrogens with zero attached hydrogens (tertiary/aromatic N) is 4. The third-order valence-corrected chi connectivity index (χ3v) is 6.65. The average Bonchev–Trinajstić information content (AvgIpc) is 2.82. The molecule has 0 aromatic carbocycles. The van der Waals surface area contributed by atoms with Crippen LogP contribution in [0.5, 0.6) is 0 Å². The van der Waals surface area contributed by atoms with Crippen LogP contribution in [0.15, 0.2) is 41.1 Å². The molecule has 2 atom stereocenters. The van der Waals surface area contributed by atoms with Crippen molar-refractivity contribution >= 4 is 38.7 Å². The molecule has 3 heterocycles. The van der Waals surface area contributed by atoms with Gasteiger partial charge in [-0.05, 0) is 53.0 Å². The molecular formula is C23H23BrF3N5O2. The fraction of sp³-hybridized carbons (Fsp3) is 0.391. The van der Waals surface area contributed by atoms with Gasteiger partial charge in [0.2, 0.25) is 0 Å². The summed E-state index contributed by atoms with van der Waals surface area (Å²) in [6.45, 7) is 0.0449. The Morgan fingerprint density at radius 1 is 1.21 bits per heavy atom. The molecular weight excluding hydrogens is 515 g/mol. The number of rotatable bonds is 5. The number of hydrogen-bond acceptors (Lipinski definition) is 6. The minimum absolute atomic E-state index is 0.0449. The SMILES string of the molecule is CO[C@@H]1CCCC[C@H]1N(Cc1ccc(C(F)(F)F)cn1)C(=O)c1cnc2nc(N)c(Br)cc2c1. The van der Waals surface area contributed by atoms with Gasteiger partial charge in [-0.15, -0.1) is 0 Å². The van der Waals surface area contributed by atoms with Crippen molar-refractivity contribution in [1.82, 2.24) is 19.9 Å². The standard InChI is InChI=1S/C23H23BrF3N5O2/c1-34-19-5-3-2-4-18(19)32(12-16-7-6-15(11-29-16)23(25,26)27)22(33)14-8-13-9-17(24)20(28)31-21(13)30-10-14/h6-11,18-19H,2-5,12H2,1H3,(H2,28,30,31)/t18-,19-/m1/s1. The van der Waals surface area contributed by atoms with Crippen LogP contribution in [0.4, 0.5) is 19.0 Å². The number of fused-ring (bicyclic) bond motifs is 1. The van der Waals surface area contributed by atoms with E-state index in [1.165, 1.54) is 12.3 Å². The second kappa shape index (κ2) is 9.83. The molecule has 11 heteroatoms. The quantitative estimate of drug-likeness (QED) is 0.492. The molecule has 0 aliphatic heterocycles. The highest BCUT2D eigenvalue weighted by atomic mass is 79.9. The van der Waals surface area contributed by atoms with Gasteiger partial charge in [-0.3, -0.25) is 9.78 Å². The lowest BCUT2D eigenvalue weighted by atomic mass is 9.90. The molecule has 1 fully saturated rings. The highest BCUT2D eigenvalue weighted by molar-refractivity contribution is 9.10. The summed E-state index contributed by atoms with van der Waals surface area (Å²) in [5, 5.41) is 0.631. The number of ether oxygens (including phenoxy) is 1. The molecule has 1 aliphatic rings. The topological polar surface area (TPSA) is 94.2 Å². The summed E-state index contributed by atoms with van der Waals surface area (Å²) in [4.78, 5) is 27.8. The molecule has 34 heavy (non-hydrogen) atoms. The van der Waals surface area contributed by atoms with Crippen LogP contribution in [0.1, 0.15) is 47.3 Å². The first-order chi connectivity index (χ1) is 16.2. The fourth-order valence-electron chi connectivity index (χ4n) is 4.24. The molecule has 0 saturated heterocycles. The molecule has 0 spiro atoms. The highest BCUT2D eigenvalue weighted by Crippen LogP contribution is 2.31. The number of alkyl halides is 3. The number of nitrogen functional groups attached to an aromatic ring is 1. The second-order valence-corrected chi connectivity index (χ2v) is 9.08. The molecule has 3 aromatic rings. The third-order valence-electron chi connectivity index (χ3n) is 6.01. The number of hydrogen-bond donors (Lipinski definition) is 1. The lowest BCUT2D eigenvalue weighted by molar-refractivity contribution is -0.137. The van der Waals surface area contributed by atoms with E-state index in [1.807, 2.05) is 0 Å². The van der Waals surface area contributed by atoms with Gasteiger partial charge < -0.3 is 15.4 Å². The minimum atomic E-state index is -4.48. The Hall–Kier alpha value is -2.79. The van der Waals surface area contributed by atoms with E-state index < -0.39 is 11.7 Å². The second-order valence-electron chi connectivity index (χ2n) is 8.22. The van der Waals surface area contributed by atoms with Crippen molar-refractivity contribution in [3.8, 4) is 0 Å². The van der Waals surface area contributed by atoms with Gasteiger partial charge in [0.1, 0.15) is 5.82 Å². The van der Waals surface area contributed by atoms with Crippen molar-refractivity contribution in [2.45, 2.75) is 50.6 Å². The van der Waals surface area contributed by atoms with Crippen molar-refractivity contribution < 1.29 is 22.7 Å². The van der Waals surface area contributed by atoms with Crippen molar-refractivity contribution in [2.24, 2.45) is 0 Å². The van der Waals surface area contributed by atoms with Crippen molar-refractivity contribution in [1.29, 1.82) is 0 Å². The number of halogens is 4. The first-order valence-corrected chi connectivity index (χ1v) is 11.5. The van der Waals surface area contributed by atoms with E-state index in [4.69, 9.17) is 10.5 Å². The smallest absolute Gasteiger partial charge is 0.383 e. The Morgan fingerprint density at radius 3 is 2.65 bits per heavy atom. The molecule has 0 radical (unpaired) electrons. The van der Waals surface area contributed by atoms with Crippen LogP contribution in [0.2, 0.25) is 0 Å². The zero-order chi connectivity index (χ0) is 24.5. The summed E-state index contributed by atoms with van der Waals surface area (Å²) in [6.07, 6.45) is 0.966. The molecule has 3 aromatic heterocycles. The van der Waals surface area contributed by atoms with Crippen LogP contribution >= 0.6 is 15.9 Å². The number of aromatic nitrogens is 3. The Morgan fingerprint density at radius 2 is 1.97 bits per heavy atom. The lowest BCUT2D eigenvalue weighted by Crippen LogP contribution is -2.49. The van der Waals surface area contributed by atoms with Crippen molar-refractivity contribution in [3.05, 3.63) is 58.0 Å². The minimum Gasteiger partial charge on any atom is -0.383 e. The van der Waals surface area contributed by atoms with E-state index in [2.05, 4.69) is 30.9 Å². The zero-order valence-electron chi connectivity index (χ0n) is 18.3. The molecule has 1 amide bonds. The van der Waals surface area contributed by atoms with Crippen LogP contribution in [0.25, 0.3) is 11.0 Å². The normalized spacial score (nSPS) is 18.7. The predicted octanol–water partition coefficient (Wildman–Crippen LogP) is 4.99. The van der Waals surface area contributed by atoms with Crippen LogP contribution in [0.3, 0.4) is 0 Å². The monoisotopic (exact) mass is 537 g/mol. The maximum atomic E-state index is 13.7. The van der Waals surface area contributed by atoms with E-state index in [9.17, 15) is 18.0 Å². The van der Waals surface area contributed by atoms with E-state index in [0.717, 1.165) is 37.9 Å². The third kappa shape index (κ3) is 5.15. The Bertz CT molecular complexity index is 1190. The highest BCUT2D eigenvalue weighted by Gasteiger charge is 2.35. The van der Waals surface area contributed by atoms with Crippen LogP contribution < -0.4 is 5.73 Å². The fourth-order valence-corrected chi connectivity index (χ4v) is 4.58. The van der Waals surface area contributed by atoms with E-state index >= 15 is 0 Å². The zero-order valence-corrected chi connectivity index (χ0v) is 19.9. The number of anilines is 1. The van der Waals surface area contributed by atoms with Crippen LogP contribution in [-0.4, -0.2) is 45.0 Å². The maximum absolute atomic E-state index is 13.7. The van der Waals surface area contributed by atoms with Gasteiger partial charge in [-0.25, -0.2) is 9.97 Å². The summed E-state index contributed by atoms with van der Waals surface area (Å²) < 4.78 is 45.1. The van der Waals surface area contributed by atoms with Gasteiger partial charge in [0, 0.05) is 24.9 Å². The molecule has 180 valence electrons. The Labute approximate surface area is 202 Å². The largest absolute Gasteiger partial charge is 0.417 e. The number of carbonyl (C=O) groups is 1. The number of amides is 1. The van der Waals surface area contributed by atoms with E-state index in [-0.39, 0.29) is 24.6 Å². The van der Waals surface area contributed by atoms with E-state index in [1.54, 1.807) is 24.1 Å². The summed E-state index contributed by atoms with van der Waals surface area (Å²) in [5.74, 6) is -0.0165. The summed E-state index contributed by atoms with van der Waals surface area (Å²) in [5.41, 5.74) is 6.07. The number of carbonyl (C=O) groups excluding carboxylic acids is 1. The lowest BCUT2D eigenvalue weighted by Gasteiger charge is -2.39. The molecule has 1 aliphatic carbocycles. The van der Waals surface area contributed by atoms with Gasteiger partial charge in [0.15, 0.2) is 5.65 Å². The van der Waals surface area contributed by atoms with Crippen molar-refractivity contribution in [2.75, 3.05) is 12.8 Å². The van der Waals surface area contributed by atoms with E-state index in [0.29, 0.717) is 32.6 Å². The molecule has 4 rings (SSSR count). The van der Waals surface area contributed by atoms with Gasteiger partial charge in [-0.1, -0.05) is 12.8 Å². The van der Waals surface area contributed by atoms with Crippen LogP contribution in [-0.2, 0) is 17.5 Å². The summed E-state index contributed by atoms with van der Waals surface area (Å²) >= 11 is 3.34. The molecule has 0 unspecified atom stereocenters. The molecule has 0 bridgehead atoms. The number of nitrogens with two attached hydrogens (primary N) is 1. The van der Waals surface area contributed by atoms with Gasteiger partial charge >= 0.3 is 6.18 Å². The van der Waals surface area contributed by atoms with Crippen molar-refractivity contribution in [3.63, 3.8) is 0 Å². The molecule has 2 N–H and O–H groups in total. The van der Waals surface area contributed by atoms with Crippen LogP contribution in [0, 0.1) is 0 Å². The number of pyridine rings is 3. The maximum Gasteiger partial charge on any atom is 0.417 e. The number of methoxy groups -OCH3 is 1. The van der Waals surface area contributed by atoms with Gasteiger partial charge in [0.05, 0.1) is 40.0 Å². The molecule has 1 saturated carbocycles. The Kier molecular flexibility index (Phi) is 7.04. The Balaban J connectivity index is 1.69. The predicted molar refractivity (Wildman–Crippen MR) is 124 cm³/mol. The van der Waals surface area contributed by atoms with Gasteiger partial charge in [-0.2, -0.15) is 13.2 Å².